The molecule has 2 atom stereocenters. The second-order valence-corrected chi connectivity index (χ2v) is 6.53. The van der Waals surface area contributed by atoms with Gasteiger partial charge in [-0.3, -0.25) is 4.79 Å². The molecule has 116 valence electrons. The molecule has 0 spiro atoms. The van der Waals surface area contributed by atoms with Crippen molar-refractivity contribution in [1.29, 1.82) is 0 Å². The topological polar surface area (TPSA) is 98.5 Å². The first-order valence-electron chi connectivity index (χ1n) is 6.49. The van der Waals surface area contributed by atoms with Crippen LogP contribution >= 0.6 is 0 Å². The zero-order chi connectivity index (χ0) is 15.6. The van der Waals surface area contributed by atoms with Crippen molar-refractivity contribution in [3.05, 3.63) is 29.6 Å². The Hall–Kier alpha value is -1.51. The predicted molar refractivity (Wildman–Crippen MR) is 73.7 cm³/mol. The van der Waals surface area contributed by atoms with Crippen LogP contribution in [0, 0.1) is 5.82 Å². The third-order valence-corrected chi connectivity index (χ3v) is 4.50. The highest BCUT2D eigenvalue weighted by Gasteiger charge is 2.29. The molecule has 3 N–H and O–H groups in total. The van der Waals surface area contributed by atoms with Gasteiger partial charge >= 0.3 is 0 Å². The number of sulfonamides is 1. The van der Waals surface area contributed by atoms with E-state index >= 15 is 0 Å². The number of nitrogens with two attached hydrogens (primary N) is 1. The van der Waals surface area contributed by atoms with E-state index in [0.717, 1.165) is 37.5 Å². The van der Waals surface area contributed by atoms with E-state index in [1.165, 1.54) is 0 Å². The van der Waals surface area contributed by atoms with Crippen molar-refractivity contribution in [2.45, 2.75) is 36.3 Å². The van der Waals surface area contributed by atoms with Crippen LogP contribution < -0.4 is 10.5 Å². The summed E-state index contributed by atoms with van der Waals surface area (Å²) in [7, 11) is -2.43. The van der Waals surface area contributed by atoms with Crippen molar-refractivity contribution < 1.29 is 22.3 Å². The first-order valence-corrected chi connectivity index (χ1v) is 8.03. The predicted octanol–water partition coefficient (Wildman–Crippen LogP) is 0.770. The molecule has 1 aliphatic rings. The summed E-state index contributed by atoms with van der Waals surface area (Å²) in [6.45, 7) is 0. The van der Waals surface area contributed by atoms with Gasteiger partial charge in [-0.25, -0.2) is 17.9 Å². The number of hydrogen-bond donors (Lipinski definition) is 2. The Balaban J connectivity index is 2.16. The van der Waals surface area contributed by atoms with Crippen molar-refractivity contribution in [1.82, 2.24) is 5.32 Å². The number of rotatable bonds is 4. The number of ether oxygens (including phenoxy) is 1. The molecule has 1 aromatic rings. The SMILES string of the molecule is COC1CCCC1NC(=O)c1ccc(S(N)(=O)=O)cc1F. The Morgan fingerprint density at radius 3 is 2.71 bits per heavy atom. The number of carbonyl (C=O) groups excluding carboxylic acids is 1. The van der Waals surface area contributed by atoms with Gasteiger partial charge in [-0.05, 0) is 37.5 Å². The molecule has 2 rings (SSSR count). The first kappa shape index (κ1) is 15.9. The molecule has 1 fully saturated rings. The van der Waals surface area contributed by atoms with Gasteiger partial charge < -0.3 is 10.1 Å². The van der Waals surface area contributed by atoms with Gasteiger partial charge in [0, 0.05) is 7.11 Å². The summed E-state index contributed by atoms with van der Waals surface area (Å²) in [6, 6.07) is 2.80. The Morgan fingerprint density at radius 2 is 2.14 bits per heavy atom. The normalized spacial score (nSPS) is 22.2. The Bertz CT molecular complexity index is 648. The fourth-order valence-corrected chi connectivity index (χ4v) is 3.00. The van der Waals surface area contributed by atoms with Crippen molar-refractivity contribution >= 4 is 15.9 Å². The summed E-state index contributed by atoms with van der Waals surface area (Å²) in [6.07, 6.45) is 2.45. The lowest BCUT2D eigenvalue weighted by molar-refractivity contribution is 0.0720. The smallest absolute Gasteiger partial charge is 0.254 e. The molecular weight excluding hydrogens is 299 g/mol. The average Bonchev–Trinajstić information content (AvgIpc) is 2.84. The van der Waals surface area contributed by atoms with Crippen LogP contribution in [0.5, 0.6) is 0 Å². The first-order chi connectivity index (χ1) is 9.82. The van der Waals surface area contributed by atoms with Crippen molar-refractivity contribution in [2.75, 3.05) is 7.11 Å². The van der Waals surface area contributed by atoms with Crippen LogP contribution in [0.2, 0.25) is 0 Å². The number of primary sulfonamides is 1. The lowest BCUT2D eigenvalue weighted by atomic mass is 10.1. The van der Waals surface area contributed by atoms with Crippen molar-refractivity contribution in [3.8, 4) is 0 Å². The molecule has 2 unspecified atom stereocenters. The molecule has 1 amide bonds. The van der Waals surface area contributed by atoms with E-state index in [2.05, 4.69) is 5.32 Å². The number of hydrogen-bond acceptors (Lipinski definition) is 4. The molecule has 8 heteroatoms. The van der Waals surface area contributed by atoms with E-state index in [4.69, 9.17) is 9.88 Å². The van der Waals surface area contributed by atoms with Crippen molar-refractivity contribution in [3.63, 3.8) is 0 Å². The minimum Gasteiger partial charge on any atom is -0.379 e. The van der Waals surface area contributed by atoms with Gasteiger partial charge in [-0.15, -0.1) is 0 Å². The highest BCUT2D eigenvalue weighted by molar-refractivity contribution is 7.89. The number of nitrogens with one attached hydrogen (secondary N) is 1. The molecule has 0 bridgehead atoms. The van der Waals surface area contributed by atoms with Gasteiger partial charge in [0.2, 0.25) is 10.0 Å². The summed E-state index contributed by atoms with van der Waals surface area (Å²) >= 11 is 0. The average molecular weight is 316 g/mol. The molecule has 1 aromatic carbocycles. The van der Waals surface area contributed by atoms with Gasteiger partial charge in [0.25, 0.3) is 5.91 Å². The summed E-state index contributed by atoms with van der Waals surface area (Å²) in [4.78, 5) is 11.7. The fraction of sp³-hybridized carbons (Fsp3) is 0.462. The van der Waals surface area contributed by atoms with Gasteiger partial charge in [0.15, 0.2) is 0 Å². The lowest BCUT2D eigenvalue weighted by Gasteiger charge is -2.19. The van der Waals surface area contributed by atoms with Crippen LogP contribution in [-0.4, -0.2) is 33.6 Å². The minimum absolute atomic E-state index is 0.0827. The van der Waals surface area contributed by atoms with Gasteiger partial charge in [-0.1, -0.05) is 0 Å². The number of halogens is 1. The minimum atomic E-state index is -3.99. The van der Waals surface area contributed by atoms with Crippen LogP contribution in [0.3, 0.4) is 0 Å². The monoisotopic (exact) mass is 316 g/mol. The molecule has 6 nitrogen and oxygen atoms in total. The number of amides is 1. The highest BCUT2D eigenvalue weighted by Crippen LogP contribution is 2.22. The maximum Gasteiger partial charge on any atom is 0.254 e. The Kier molecular flexibility index (Phi) is 4.60. The van der Waals surface area contributed by atoms with E-state index in [9.17, 15) is 17.6 Å². The molecule has 1 saturated carbocycles. The Labute approximate surface area is 122 Å². The van der Waals surface area contributed by atoms with Crippen LogP contribution in [0.25, 0.3) is 0 Å². The summed E-state index contributed by atoms with van der Waals surface area (Å²) in [5, 5.41) is 7.62. The maximum absolute atomic E-state index is 13.9. The highest BCUT2D eigenvalue weighted by atomic mass is 32.2. The summed E-state index contributed by atoms with van der Waals surface area (Å²) in [5.41, 5.74) is -0.218. The molecule has 21 heavy (non-hydrogen) atoms. The number of benzene rings is 1. The summed E-state index contributed by atoms with van der Waals surface area (Å²) < 4.78 is 41.4. The Morgan fingerprint density at radius 1 is 1.43 bits per heavy atom. The quantitative estimate of drug-likeness (QED) is 0.857. The zero-order valence-electron chi connectivity index (χ0n) is 11.5. The van der Waals surface area contributed by atoms with Crippen LogP contribution in [0.15, 0.2) is 23.1 Å². The van der Waals surface area contributed by atoms with Crippen LogP contribution in [0.4, 0.5) is 4.39 Å². The van der Waals surface area contributed by atoms with Gasteiger partial charge in [-0.2, -0.15) is 0 Å². The second kappa shape index (κ2) is 6.08. The molecule has 0 radical (unpaired) electrons. The number of methoxy groups -OCH3 is 1. The molecule has 0 saturated heterocycles. The van der Waals surface area contributed by atoms with Crippen molar-refractivity contribution in [2.24, 2.45) is 5.14 Å². The van der Waals surface area contributed by atoms with E-state index in [1.807, 2.05) is 0 Å². The third-order valence-electron chi connectivity index (χ3n) is 3.59. The van der Waals surface area contributed by atoms with E-state index in [0.29, 0.717) is 0 Å². The number of carbonyl (C=O) groups is 1. The lowest BCUT2D eigenvalue weighted by Crippen LogP contribution is -2.41. The van der Waals surface area contributed by atoms with E-state index < -0.39 is 21.7 Å². The molecule has 0 aliphatic heterocycles. The fourth-order valence-electron chi connectivity index (χ4n) is 2.48. The maximum atomic E-state index is 13.9. The second-order valence-electron chi connectivity index (χ2n) is 4.97. The van der Waals surface area contributed by atoms with Crippen LogP contribution in [0.1, 0.15) is 29.6 Å². The van der Waals surface area contributed by atoms with E-state index in [1.54, 1.807) is 7.11 Å². The van der Waals surface area contributed by atoms with Crippen LogP contribution in [-0.2, 0) is 14.8 Å². The van der Waals surface area contributed by atoms with Gasteiger partial charge in [0.1, 0.15) is 5.82 Å². The molecular formula is C13H17FN2O4S. The molecule has 1 aliphatic carbocycles. The zero-order valence-corrected chi connectivity index (χ0v) is 12.3. The molecule has 0 aromatic heterocycles. The molecule has 0 heterocycles. The van der Waals surface area contributed by atoms with Gasteiger partial charge in [0.05, 0.1) is 22.6 Å². The standard InChI is InChI=1S/C13H17FN2O4S/c1-20-12-4-2-3-11(12)16-13(17)9-6-5-8(7-10(9)14)21(15,18)19/h5-7,11-12H,2-4H2,1H3,(H,16,17)(H2,15,18,19). The largest absolute Gasteiger partial charge is 0.379 e. The summed E-state index contributed by atoms with van der Waals surface area (Å²) in [5.74, 6) is -1.52. The third kappa shape index (κ3) is 3.58. The van der Waals surface area contributed by atoms with E-state index in [-0.39, 0.29) is 22.6 Å².